The van der Waals surface area contributed by atoms with Gasteiger partial charge in [0.15, 0.2) is 5.13 Å². The Kier molecular flexibility index (Phi) is 6.25. The number of methoxy groups -OCH3 is 1. The van der Waals surface area contributed by atoms with Crippen LogP contribution in [0.2, 0.25) is 0 Å². The third kappa shape index (κ3) is 5.06. The fourth-order valence-corrected chi connectivity index (χ4v) is 3.34. The Hall–Kier alpha value is -2.38. The lowest BCUT2D eigenvalue weighted by Gasteiger charge is -2.06. The van der Waals surface area contributed by atoms with E-state index >= 15 is 0 Å². The molecule has 0 saturated heterocycles. The van der Waals surface area contributed by atoms with Crippen molar-refractivity contribution in [2.75, 3.05) is 19.0 Å². The topological polar surface area (TPSA) is 60.5 Å². The summed E-state index contributed by atoms with van der Waals surface area (Å²) in [4.78, 5) is 16.5. The van der Waals surface area contributed by atoms with Crippen molar-refractivity contribution in [2.24, 2.45) is 0 Å². The van der Waals surface area contributed by atoms with Gasteiger partial charge in [-0.2, -0.15) is 0 Å². The first kappa shape index (κ1) is 18.4. The Balaban J connectivity index is 1.50. The summed E-state index contributed by atoms with van der Waals surface area (Å²) in [6, 6.07) is 15.2. The molecule has 0 unspecified atom stereocenters. The molecule has 0 saturated carbocycles. The second-order valence-electron chi connectivity index (χ2n) is 5.37. The van der Waals surface area contributed by atoms with Crippen LogP contribution in [0.1, 0.15) is 6.42 Å². The van der Waals surface area contributed by atoms with Crippen LogP contribution < -0.4 is 14.8 Å². The molecule has 1 aromatic heterocycles. The highest BCUT2D eigenvalue weighted by atomic mass is 79.9. The summed E-state index contributed by atoms with van der Waals surface area (Å²) in [5.41, 5.74) is 1.79. The maximum atomic E-state index is 12.0. The van der Waals surface area contributed by atoms with Crippen LogP contribution in [0.15, 0.2) is 58.4 Å². The number of aromatic nitrogens is 1. The molecule has 0 aliphatic carbocycles. The zero-order chi connectivity index (χ0) is 18.4. The molecule has 134 valence electrons. The summed E-state index contributed by atoms with van der Waals surface area (Å²) in [6.45, 7) is 0.305. The normalized spacial score (nSPS) is 10.4. The zero-order valence-corrected chi connectivity index (χ0v) is 16.5. The minimum atomic E-state index is -0.129. The molecule has 26 heavy (non-hydrogen) atoms. The number of halogens is 1. The second kappa shape index (κ2) is 8.82. The summed E-state index contributed by atoms with van der Waals surface area (Å²) in [6.07, 6.45) is 0.254. The summed E-state index contributed by atoms with van der Waals surface area (Å²) in [7, 11) is 1.63. The van der Waals surface area contributed by atoms with E-state index in [2.05, 4.69) is 26.2 Å². The van der Waals surface area contributed by atoms with Crippen LogP contribution in [0.4, 0.5) is 5.13 Å². The standard InChI is InChI=1S/C19H17BrN2O3S/c1-24-15-7-5-13(6-8-15)17-12-26-19(21-17)22-18(23)9-10-25-16-4-2-3-14(20)11-16/h2-8,11-12H,9-10H2,1H3,(H,21,22,23). The van der Waals surface area contributed by atoms with E-state index < -0.39 is 0 Å². The Bertz CT molecular complexity index is 881. The van der Waals surface area contributed by atoms with E-state index in [0.717, 1.165) is 27.2 Å². The molecule has 0 fully saturated rings. The predicted octanol–water partition coefficient (Wildman–Crippen LogP) is 4.99. The maximum absolute atomic E-state index is 12.0. The van der Waals surface area contributed by atoms with Gasteiger partial charge in [-0.05, 0) is 42.5 Å². The van der Waals surface area contributed by atoms with Crippen molar-refractivity contribution in [1.29, 1.82) is 0 Å². The second-order valence-corrected chi connectivity index (χ2v) is 7.14. The van der Waals surface area contributed by atoms with E-state index in [4.69, 9.17) is 9.47 Å². The first-order valence-electron chi connectivity index (χ1n) is 7.92. The molecule has 7 heteroatoms. The summed E-state index contributed by atoms with van der Waals surface area (Å²) < 4.78 is 11.7. The lowest BCUT2D eigenvalue weighted by atomic mass is 10.2. The highest BCUT2D eigenvalue weighted by Gasteiger charge is 2.09. The van der Waals surface area contributed by atoms with Gasteiger partial charge in [-0.25, -0.2) is 4.98 Å². The number of nitrogens with one attached hydrogen (secondary N) is 1. The SMILES string of the molecule is COc1ccc(-c2csc(NC(=O)CCOc3cccc(Br)c3)n2)cc1. The third-order valence-electron chi connectivity index (χ3n) is 3.53. The number of amides is 1. The first-order chi connectivity index (χ1) is 12.6. The van der Waals surface area contributed by atoms with Gasteiger partial charge in [0.05, 0.1) is 25.8 Å². The van der Waals surface area contributed by atoms with E-state index in [-0.39, 0.29) is 12.3 Å². The Morgan fingerprint density at radius 2 is 2.00 bits per heavy atom. The molecule has 0 aliphatic rings. The molecule has 5 nitrogen and oxygen atoms in total. The number of benzene rings is 2. The Morgan fingerprint density at radius 3 is 2.73 bits per heavy atom. The van der Waals surface area contributed by atoms with Crippen LogP contribution in [0.3, 0.4) is 0 Å². The number of rotatable bonds is 7. The van der Waals surface area contributed by atoms with Crippen LogP contribution in [0, 0.1) is 0 Å². The van der Waals surface area contributed by atoms with Crippen molar-refractivity contribution in [3.05, 3.63) is 58.4 Å². The number of thiazole rings is 1. The van der Waals surface area contributed by atoms with Crippen molar-refractivity contribution in [1.82, 2.24) is 4.98 Å². The number of nitrogens with zero attached hydrogens (tertiary/aromatic N) is 1. The number of ether oxygens (including phenoxy) is 2. The monoisotopic (exact) mass is 432 g/mol. The maximum Gasteiger partial charge on any atom is 0.229 e. The highest BCUT2D eigenvalue weighted by Crippen LogP contribution is 2.26. The van der Waals surface area contributed by atoms with Crippen molar-refractivity contribution < 1.29 is 14.3 Å². The lowest BCUT2D eigenvalue weighted by Crippen LogP contribution is -2.15. The molecule has 0 spiro atoms. The molecular formula is C19H17BrN2O3S. The minimum absolute atomic E-state index is 0.129. The van der Waals surface area contributed by atoms with Crippen molar-refractivity contribution in [3.8, 4) is 22.8 Å². The zero-order valence-electron chi connectivity index (χ0n) is 14.1. The summed E-state index contributed by atoms with van der Waals surface area (Å²) in [5.74, 6) is 1.39. The highest BCUT2D eigenvalue weighted by molar-refractivity contribution is 9.10. The van der Waals surface area contributed by atoms with Gasteiger partial charge in [-0.15, -0.1) is 11.3 Å². The molecule has 0 bridgehead atoms. The van der Waals surface area contributed by atoms with Gasteiger partial charge in [0.2, 0.25) is 5.91 Å². The van der Waals surface area contributed by atoms with Gasteiger partial charge in [0, 0.05) is 15.4 Å². The average Bonchev–Trinajstić information content (AvgIpc) is 3.10. The first-order valence-corrected chi connectivity index (χ1v) is 9.59. The van der Waals surface area contributed by atoms with Gasteiger partial charge < -0.3 is 14.8 Å². The van der Waals surface area contributed by atoms with Crippen molar-refractivity contribution in [3.63, 3.8) is 0 Å². The fraction of sp³-hybridized carbons (Fsp3) is 0.158. The number of hydrogen-bond acceptors (Lipinski definition) is 5. The van der Waals surface area contributed by atoms with Crippen LogP contribution in [0.25, 0.3) is 11.3 Å². The molecule has 0 atom stereocenters. The minimum Gasteiger partial charge on any atom is -0.497 e. The molecular weight excluding hydrogens is 416 g/mol. The molecule has 1 N–H and O–H groups in total. The Morgan fingerprint density at radius 1 is 1.19 bits per heavy atom. The predicted molar refractivity (Wildman–Crippen MR) is 107 cm³/mol. The van der Waals surface area contributed by atoms with Crippen LogP contribution in [-0.2, 0) is 4.79 Å². The largest absolute Gasteiger partial charge is 0.497 e. The fourth-order valence-electron chi connectivity index (χ4n) is 2.23. The average molecular weight is 433 g/mol. The van der Waals surface area contributed by atoms with Crippen LogP contribution in [-0.4, -0.2) is 24.6 Å². The van der Waals surface area contributed by atoms with Gasteiger partial charge in [0.25, 0.3) is 0 Å². The molecule has 3 rings (SSSR count). The number of hydrogen-bond donors (Lipinski definition) is 1. The summed E-state index contributed by atoms with van der Waals surface area (Å²) >= 11 is 4.78. The molecule has 3 aromatic rings. The number of carbonyl (C=O) groups is 1. The van der Waals surface area contributed by atoms with Gasteiger partial charge in [0.1, 0.15) is 11.5 Å². The smallest absolute Gasteiger partial charge is 0.229 e. The van der Waals surface area contributed by atoms with Crippen molar-refractivity contribution >= 4 is 38.3 Å². The van der Waals surface area contributed by atoms with Gasteiger partial charge >= 0.3 is 0 Å². The lowest BCUT2D eigenvalue weighted by molar-refractivity contribution is -0.116. The molecule has 0 radical (unpaired) electrons. The third-order valence-corrected chi connectivity index (χ3v) is 4.78. The molecule has 2 aromatic carbocycles. The molecule has 1 heterocycles. The van der Waals surface area contributed by atoms with E-state index in [1.807, 2.05) is 53.9 Å². The van der Waals surface area contributed by atoms with E-state index in [0.29, 0.717) is 11.7 Å². The molecule has 0 aliphatic heterocycles. The van der Waals surface area contributed by atoms with E-state index in [1.165, 1.54) is 11.3 Å². The summed E-state index contributed by atoms with van der Waals surface area (Å²) in [5, 5.41) is 5.29. The van der Waals surface area contributed by atoms with Crippen LogP contribution >= 0.6 is 27.3 Å². The quantitative estimate of drug-likeness (QED) is 0.571. The van der Waals surface area contributed by atoms with Crippen molar-refractivity contribution in [2.45, 2.75) is 6.42 Å². The van der Waals surface area contributed by atoms with E-state index in [9.17, 15) is 4.79 Å². The van der Waals surface area contributed by atoms with Crippen LogP contribution in [0.5, 0.6) is 11.5 Å². The van der Waals surface area contributed by atoms with E-state index in [1.54, 1.807) is 7.11 Å². The van der Waals surface area contributed by atoms with Gasteiger partial charge in [-0.3, -0.25) is 4.79 Å². The number of anilines is 1. The van der Waals surface area contributed by atoms with Gasteiger partial charge in [-0.1, -0.05) is 22.0 Å². The molecule has 1 amide bonds. The Labute approximate surface area is 164 Å². The number of carbonyl (C=O) groups excluding carboxylic acids is 1.